The van der Waals surface area contributed by atoms with Crippen LogP contribution in [0.4, 0.5) is 5.13 Å². The molecule has 1 fully saturated rings. The SMILES string of the molecule is Cc1cc(C(=O)Nc2nc(CN3CC(C)OC(C)C3)cs2)c(C)n1Cc1ccccc1. The number of carbonyl (C=O) groups is 1. The Kier molecular flexibility index (Phi) is 6.55. The van der Waals surface area contributed by atoms with Crippen molar-refractivity contribution in [3.05, 3.63) is 70.0 Å². The minimum atomic E-state index is -0.109. The second-order valence-corrected chi connectivity index (χ2v) is 9.26. The first-order chi connectivity index (χ1) is 14.9. The van der Waals surface area contributed by atoms with E-state index in [1.165, 1.54) is 16.9 Å². The van der Waals surface area contributed by atoms with Gasteiger partial charge in [-0.1, -0.05) is 30.3 Å². The van der Waals surface area contributed by atoms with Crippen molar-refractivity contribution in [1.82, 2.24) is 14.5 Å². The van der Waals surface area contributed by atoms with Gasteiger partial charge in [-0.15, -0.1) is 11.3 Å². The van der Waals surface area contributed by atoms with E-state index < -0.39 is 0 Å². The number of aromatic nitrogens is 2. The van der Waals surface area contributed by atoms with Crippen LogP contribution in [-0.4, -0.2) is 45.7 Å². The Morgan fingerprint density at radius 3 is 2.58 bits per heavy atom. The van der Waals surface area contributed by atoms with Crippen molar-refractivity contribution in [3.63, 3.8) is 0 Å². The molecule has 1 N–H and O–H groups in total. The van der Waals surface area contributed by atoms with Crippen molar-refractivity contribution in [1.29, 1.82) is 0 Å². The van der Waals surface area contributed by atoms with E-state index in [9.17, 15) is 4.79 Å². The number of rotatable bonds is 6. The Morgan fingerprint density at radius 2 is 1.87 bits per heavy atom. The van der Waals surface area contributed by atoms with E-state index >= 15 is 0 Å². The summed E-state index contributed by atoms with van der Waals surface area (Å²) in [5.41, 5.74) is 4.93. The Labute approximate surface area is 187 Å². The lowest BCUT2D eigenvalue weighted by Crippen LogP contribution is -2.44. The van der Waals surface area contributed by atoms with Crippen LogP contribution in [0.3, 0.4) is 0 Å². The van der Waals surface area contributed by atoms with Gasteiger partial charge < -0.3 is 9.30 Å². The number of anilines is 1. The molecule has 1 aromatic carbocycles. The highest BCUT2D eigenvalue weighted by Gasteiger charge is 2.23. The fourth-order valence-electron chi connectivity index (χ4n) is 4.28. The van der Waals surface area contributed by atoms with Crippen LogP contribution in [0.15, 0.2) is 41.8 Å². The summed E-state index contributed by atoms with van der Waals surface area (Å²) in [7, 11) is 0. The molecule has 1 aliphatic heterocycles. The minimum absolute atomic E-state index is 0.109. The Morgan fingerprint density at radius 1 is 1.16 bits per heavy atom. The number of ether oxygens (including phenoxy) is 1. The second kappa shape index (κ2) is 9.34. The van der Waals surface area contributed by atoms with Gasteiger partial charge in [-0.25, -0.2) is 4.98 Å². The van der Waals surface area contributed by atoms with Crippen LogP contribution in [0.5, 0.6) is 0 Å². The summed E-state index contributed by atoms with van der Waals surface area (Å²) in [6.45, 7) is 11.6. The highest BCUT2D eigenvalue weighted by molar-refractivity contribution is 7.14. The van der Waals surface area contributed by atoms with Gasteiger partial charge in [-0.2, -0.15) is 0 Å². The van der Waals surface area contributed by atoms with Gasteiger partial charge in [-0.3, -0.25) is 15.0 Å². The average Bonchev–Trinajstić information content (AvgIpc) is 3.27. The molecule has 0 radical (unpaired) electrons. The van der Waals surface area contributed by atoms with Crippen molar-refractivity contribution in [2.45, 2.75) is 53.0 Å². The number of aryl methyl sites for hydroxylation is 1. The topological polar surface area (TPSA) is 59.4 Å². The number of amides is 1. The van der Waals surface area contributed by atoms with Crippen LogP contribution in [0.2, 0.25) is 0 Å². The van der Waals surface area contributed by atoms with Gasteiger partial charge in [0, 0.05) is 42.9 Å². The van der Waals surface area contributed by atoms with Gasteiger partial charge in [0.2, 0.25) is 0 Å². The summed E-state index contributed by atoms with van der Waals surface area (Å²) in [4.78, 5) is 20.0. The zero-order valence-electron chi connectivity index (χ0n) is 18.6. The van der Waals surface area contributed by atoms with Crippen LogP contribution < -0.4 is 5.32 Å². The lowest BCUT2D eigenvalue weighted by molar-refractivity contribution is -0.0707. The third kappa shape index (κ3) is 5.23. The molecule has 7 heteroatoms. The summed E-state index contributed by atoms with van der Waals surface area (Å²) >= 11 is 1.47. The van der Waals surface area contributed by atoms with E-state index in [2.05, 4.69) is 45.7 Å². The maximum atomic E-state index is 13.0. The molecule has 4 rings (SSSR count). The first kappa shape index (κ1) is 21.7. The lowest BCUT2D eigenvalue weighted by atomic mass is 10.2. The monoisotopic (exact) mass is 438 g/mol. The van der Waals surface area contributed by atoms with Gasteiger partial charge in [0.05, 0.1) is 23.5 Å². The molecule has 1 amide bonds. The molecule has 31 heavy (non-hydrogen) atoms. The fraction of sp³-hybridized carbons (Fsp3) is 0.417. The smallest absolute Gasteiger partial charge is 0.259 e. The van der Waals surface area contributed by atoms with Gasteiger partial charge in [-0.05, 0) is 39.3 Å². The van der Waals surface area contributed by atoms with Crippen LogP contribution in [-0.2, 0) is 17.8 Å². The molecule has 0 aliphatic carbocycles. The van der Waals surface area contributed by atoms with E-state index in [-0.39, 0.29) is 18.1 Å². The number of nitrogens with zero attached hydrogens (tertiary/aromatic N) is 3. The lowest BCUT2D eigenvalue weighted by Gasteiger charge is -2.34. The molecule has 2 atom stereocenters. The second-order valence-electron chi connectivity index (χ2n) is 8.41. The molecule has 1 saturated heterocycles. The van der Waals surface area contributed by atoms with Gasteiger partial charge in [0.25, 0.3) is 5.91 Å². The summed E-state index contributed by atoms with van der Waals surface area (Å²) in [5.74, 6) is -0.109. The van der Waals surface area contributed by atoms with Crippen molar-refractivity contribution in [2.75, 3.05) is 18.4 Å². The Hall–Kier alpha value is -2.48. The summed E-state index contributed by atoms with van der Waals surface area (Å²) in [6.07, 6.45) is 0.459. The number of nitrogens with one attached hydrogen (secondary N) is 1. The average molecular weight is 439 g/mol. The molecule has 0 saturated carbocycles. The molecule has 3 heterocycles. The highest BCUT2D eigenvalue weighted by atomic mass is 32.1. The summed E-state index contributed by atoms with van der Waals surface area (Å²) in [5, 5.41) is 5.66. The molecule has 164 valence electrons. The standard InChI is InChI=1S/C24H30N4O2S/c1-16-10-22(19(4)28(16)13-20-8-6-5-7-9-20)23(29)26-24-25-21(15-31-24)14-27-11-17(2)30-18(3)12-27/h5-10,15,17-18H,11-14H2,1-4H3,(H,25,26,29). The first-order valence-corrected chi connectivity index (χ1v) is 11.6. The molecule has 3 aromatic rings. The number of carbonyl (C=O) groups excluding carboxylic acids is 1. The predicted octanol–water partition coefficient (Wildman–Crippen LogP) is 4.47. The molecule has 2 aromatic heterocycles. The maximum Gasteiger partial charge on any atom is 0.259 e. The maximum absolute atomic E-state index is 13.0. The fourth-order valence-corrected chi connectivity index (χ4v) is 4.98. The number of hydrogen-bond acceptors (Lipinski definition) is 5. The van der Waals surface area contributed by atoms with Crippen molar-refractivity contribution >= 4 is 22.4 Å². The normalized spacial score (nSPS) is 19.5. The van der Waals surface area contributed by atoms with Gasteiger partial charge >= 0.3 is 0 Å². The summed E-state index contributed by atoms with van der Waals surface area (Å²) < 4.78 is 7.98. The number of benzene rings is 1. The van der Waals surface area contributed by atoms with E-state index in [0.717, 1.165) is 43.3 Å². The van der Waals surface area contributed by atoms with Crippen molar-refractivity contribution < 1.29 is 9.53 Å². The van der Waals surface area contributed by atoms with Crippen LogP contribution in [0, 0.1) is 13.8 Å². The van der Waals surface area contributed by atoms with Crippen LogP contribution in [0.25, 0.3) is 0 Å². The Bertz CT molecular complexity index is 1030. The van der Waals surface area contributed by atoms with Gasteiger partial charge in [0.15, 0.2) is 5.13 Å². The molecule has 0 spiro atoms. The van der Waals surface area contributed by atoms with Crippen molar-refractivity contribution in [2.24, 2.45) is 0 Å². The zero-order valence-corrected chi connectivity index (χ0v) is 19.4. The van der Waals surface area contributed by atoms with Crippen LogP contribution >= 0.6 is 11.3 Å². The van der Waals surface area contributed by atoms with E-state index in [0.29, 0.717) is 10.7 Å². The van der Waals surface area contributed by atoms with E-state index in [1.807, 2.05) is 43.5 Å². The van der Waals surface area contributed by atoms with Crippen LogP contribution in [0.1, 0.15) is 46.9 Å². The summed E-state index contributed by atoms with van der Waals surface area (Å²) in [6, 6.07) is 12.3. The quantitative estimate of drug-likeness (QED) is 0.617. The minimum Gasteiger partial charge on any atom is -0.373 e. The number of hydrogen-bond donors (Lipinski definition) is 1. The number of morpholine rings is 1. The molecule has 6 nitrogen and oxygen atoms in total. The van der Waals surface area contributed by atoms with E-state index in [1.54, 1.807) is 0 Å². The van der Waals surface area contributed by atoms with E-state index in [4.69, 9.17) is 4.74 Å². The molecule has 1 aliphatic rings. The predicted molar refractivity (Wildman–Crippen MR) is 125 cm³/mol. The van der Waals surface area contributed by atoms with Gasteiger partial charge in [0.1, 0.15) is 0 Å². The Balaban J connectivity index is 1.41. The number of thiazole rings is 1. The van der Waals surface area contributed by atoms with Crippen molar-refractivity contribution in [3.8, 4) is 0 Å². The third-order valence-electron chi connectivity index (χ3n) is 5.65. The largest absolute Gasteiger partial charge is 0.373 e. The third-order valence-corrected chi connectivity index (χ3v) is 6.46. The molecular weight excluding hydrogens is 408 g/mol. The molecule has 0 bridgehead atoms. The first-order valence-electron chi connectivity index (χ1n) is 10.7. The highest BCUT2D eigenvalue weighted by Crippen LogP contribution is 2.22. The molecule has 2 unspecified atom stereocenters. The molecular formula is C24H30N4O2S. The zero-order chi connectivity index (χ0) is 22.0.